The number of ether oxygens (including phenoxy) is 1. The second-order valence-corrected chi connectivity index (χ2v) is 5.46. The van der Waals surface area contributed by atoms with Crippen LogP contribution in [0.15, 0.2) is 18.2 Å². The first-order valence-electron chi connectivity index (χ1n) is 6.38. The van der Waals surface area contributed by atoms with E-state index in [2.05, 4.69) is 11.4 Å². The van der Waals surface area contributed by atoms with Crippen molar-refractivity contribution in [3.8, 4) is 0 Å². The van der Waals surface area contributed by atoms with Crippen molar-refractivity contribution >= 4 is 23.2 Å². The molecule has 96 valence electrons. The lowest BCUT2D eigenvalue weighted by Gasteiger charge is -2.21. The molecule has 4 heteroatoms. The number of alkyl halides is 1. The van der Waals surface area contributed by atoms with Crippen LogP contribution >= 0.6 is 11.6 Å². The van der Waals surface area contributed by atoms with Gasteiger partial charge in [-0.3, -0.25) is 4.79 Å². The molecule has 3 nitrogen and oxygen atoms in total. The Bertz CT molecular complexity index is 469. The Morgan fingerprint density at radius 3 is 3.06 bits per heavy atom. The summed E-state index contributed by atoms with van der Waals surface area (Å²) in [5.41, 5.74) is 3.26. The summed E-state index contributed by atoms with van der Waals surface area (Å²) in [4.78, 5) is 11.3. The van der Waals surface area contributed by atoms with E-state index < -0.39 is 0 Å². The van der Waals surface area contributed by atoms with Crippen molar-refractivity contribution in [3.63, 3.8) is 0 Å². The van der Waals surface area contributed by atoms with Crippen molar-refractivity contribution in [1.29, 1.82) is 0 Å². The fourth-order valence-corrected chi connectivity index (χ4v) is 2.97. The topological polar surface area (TPSA) is 38.3 Å². The molecule has 2 atom stereocenters. The van der Waals surface area contributed by atoms with Gasteiger partial charge in [0.25, 0.3) is 0 Å². The molecule has 2 heterocycles. The standard InChI is InChI=1S/C14H16ClNO2/c15-14(11-5-6-18-8-11)10-1-3-12-9(7-10)2-4-13(17)16-12/h1,3,7,11,14H,2,4-6,8H2,(H,16,17). The fraction of sp³-hybridized carbons (Fsp3) is 0.500. The molecule has 0 radical (unpaired) electrons. The number of nitrogens with one attached hydrogen (secondary N) is 1. The monoisotopic (exact) mass is 265 g/mol. The van der Waals surface area contributed by atoms with Gasteiger partial charge < -0.3 is 10.1 Å². The van der Waals surface area contributed by atoms with Gasteiger partial charge in [0.05, 0.1) is 12.0 Å². The van der Waals surface area contributed by atoms with E-state index in [0.29, 0.717) is 12.3 Å². The zero-order valence-electron chi connectivity index (χ0n) is 10.1. The van der Waals surface area contributed by atoms with E-state index in [9.17, 15) is 4.79 Å². The molecule has 3 rings (SSSR count). The molecule has 0 aliphatic carbocycles. The maximum absolute atomic E-state index is 11.3. The average Bonchev–Trinajstić information content (AvgIpc) is 2.91. The molecule has 1 fully saturated rings. The summed E-state index contributed by atoms with van der Waals surface area (Å²) < 4.78 is 5.38. The summed E-state index contributed by atoms with van der Waals surface area (Å²) in [6.07, 6.45) is 2.40. The molecule has 1 N–H and O–H groups in total. The van der Waals surface area contributed by atoms with Crippen LogP contribution in [0.2, 0.25) is 0 Å². The fourth-order valence-electron chi connectivity index (χ4n) is 2.63. The van der Waals surface area contributed by atoms with Crippen LogP contribution in [0.25, 0.3) is 0 Å². The van der Waals surface area contributed by atoms with Crippen molar-refractivity contribution in [2.45, 2.75) is 24.6 Å². The minimum atomic E-state index is 0.00966. The zero-order valence-corrected chi connectivity index (χ0v) is 10.9. The van der Waals surface area contributed by atoms with Crippen LogP contribution in [0.5, 0.6) is 0 Å². The molecule has 0 aromatic heterocycles. The third-order valence-corrected chi connectivity index (χ3v) is 4.33. The highest BCUT2D eigenvalue weighted by Crippen LogP contribution is 2.36. The third kappa shape index (κ3) is 2.25. The predicted molar refractivity (Wildman–Crippen MR) is 70.9 cm³/mol. The summed E-state index contributed by atoms with van der Waals surface area (Å²) in [6.45, 7) is 1.57. The van der Waals surface area contributed by atoms with Gasteiger partial charge in [-0.25, -0.2) is 0 Å². The Labute approximate surface area is 111 Å². The Kier molecular flexibility index (Phi) is 3.27. The quantitative estimate of drug-likeness (QED) is 0.835. The van der Waals surface area contributed by atoms with E-state index in [0.717, 1.165) is 37.3 Å². The van der Waals surface area contributed by atoms with Gasteiger partial charge in [-0.2, -0.15) is 0 Å². The smallest absolute Gasteiger partial charge is 0.224 e. The van der Waals surface area contributed by atoms with Crippen LogP contribution in [0.4, 0.5) is 5.69 Å². The Morgan fingerprint density at radius 2 is 2.28 bits per heavy atom. The zero-order chi connectivity index (χ0) is 12.5. The lowest BCUT2D eigenvalue weighted by Crippen LogP contribution is -2.19. The first-order chi connectivity index (χ1) is 8.74. The highest BCUT2D eigenvalue weighted by molar-refractivity contribution is 6.21. The van der Waals surface area contributed by atoms with E-state index in [4.69, 9.17) is 16.3 Å². The summed E-state index contributed by atoms with van der Waals surface area (Å²) in [6, 6.07) is 6.11. The molecule has 1 aromatic carbocycles. The van der Waals surface area contributed by atoms with Gasteiger partial charge >= 0.3 is 0 Å². The average molecular weight is 266 g/mol. The normalized spacial score (nSPS) is 24.5. The number of fused-ring (bicyclic) bond motifs is 1. The van der Waals surface area contributed by atoms with E-state index in [1.54, 1.807) is 0 Å². The van der Waals surface area contributed by atoms with Crippen LogP contribution in [0.1, 0.15) is 29.3 Å². The molecule has 2 aliphatic rings. The molecule has 2 aliphatic heterocycles. The number of rotatable bonds is 2. The SMILES string of the molecule is O=C1CCc2cc(C(Cl)C3CCOC3)ccc2N1. The van der Waals surface area contributed by atoms with Gasteiger partial charge in [0.1, 0.15) is 0 Å². The largest absolute Gasteiger partial charge is 0.381 e. The minimum Gasteiger partial charge on any atom is -0.381 e. The highest BCUT2D eigenvalue weighted by atomic mass is 35.5. The first-order valence-corrected chi connectivity index (χ1v) is 6.82. The Hall–Kier alpha value is -1.06. The van der Waals surface area contributed by atoms with E-state index in [1.807, 2.05) is 12.1 Å². The van der Waals surface area contributed by atoms with Crippen LogP contribution < -0.4 is 5.32 Å². The number of halogens is 1. The van der Waals surface area contributed by atoms with Gasteiger partial charge in [0, 0.05) is 24.6 Å². The first kappa shape index (κ1) is 12.0. The number of hydrogen-bond acceptors (Lipinski definition) is 2. The van der Waals surface area contributed by atoms with Gasteiger partial charge in [-0.15, -0.1) is 11.6 Å². The molecule has 1 saturated heterocycles. The van der Waals surface area contributed by atoms with E-state index in [-0.39, 0.29) is 11.3 Å². The predicted octanol–water partition coefficient (Wildman–Crippen LogP) is 2.89. The van der Waals surface area contributed by atoms with E-state index >= 15 is 0 Å². The molecule has 18 heavy (non-hydrogen) atoms. The van der Waals surface area contributed by atoms with Gasteiger partial charge in [-0.05, 0) is 30.0 Å². The summed E-state index contributed by atoms with van der Waals surface area (Å²) >= 11 is 6.52. The van der Waals surface area contributed by atoms with Gasteiger partial charge in [-0.1, -0.05) is 12.1 Å². The lowest BCUT2D eigenvalue weighted by atomic mass is 9.94. The number of carbonyl (C=O) groups is 1. The molecule has 0 bridgehead atoms. The van der Waals surface area contributed by atoms with Gasteiger partial charge in [0.15, 0.2) is 0 Å². The second kappa shape index (κ2) is 4.90. The highest BCUT2D eigenvalue weighted by Gasteiger charge is 2.26. The van der Waals surface area contributed by atoms with Crippen molar-refractivity contribution in [1.82, 2.24) is 0 Å². The molecule has 0 spiro atoms. The van der Waals surface area contributed by atoms with Crippen molar-refractivity contribution in [3.05, 3.63) is 29.3 Å². The molecule has 2 unspecified atom stereocenters. The second-order valence-electron chi connectivity index (χ2n) is 4.99. The van der Waals surface area contributed by atoms with Crippen molar-refractivity contribution in [2.75, 3.05) is 18.5 Å². The van der Waals surface area contributed by atoms with Crippen LogP contribution in [0, 0.1) is 5.92 Å². The van der Waals surface area contributed by atoms with Crippen LogP contribution in [-0.4, -0.2) is 19.1 Å². The Balaban J connectivity index is 1.83. The minimum absolute atomic E-state index is 0.00966. The number of anilines is 1. The Morgan fingerprint density at radius 1 is 1.39 bits per heavy atom. The number of amides is 1. The third-order valence-electron chi connectivity index (χ3n) is 3.72. The molecular weight excluding hydrogens is 250 g/mol. The maximum Gasteiger partial charge on any atom is 0.224 e. The summed E-state index contributed by atoms with van der Waals surface area (Å²) in [5.74, 6) is 0.504. The number of carbonyl (C=O) groups excluding carboxylic acids is 1. The van der Waals surface area contributed by atoms with Gasteiger partial charge in [0.2, 0.25) is 5.91 Å². The number of hydrogen-bond donors (Lipinski definition) is 1. The molecule has 0 saturated carbocycles. The lowest BCUT2D eigenvalue weighted by molar-refractivity contribution is -0.116. The molecule has 1 amide bonds. The van der Waals surface area contributed by atoms with Crippen LogP contribution in [-0.2, 0) is 16.0 Å². The summed E-state index contributed by atoms with van der Waals surface area (Å²) in [5, 5.41) is 2.90. The van der Waals surface area contributed by atoms with Crippen LogP contribution in [0.3, 0.4) is 0 Å². The number of benzene rings is 1. The van der Waals surface area contributed by atoms with E-state index in [1.165, 1.54) is 5.56 Å². The maximum atomic E-state index is 11.3. The molecular formula is C14H16ClNO2. The number of aryl methyl sites for hydroxylation is 1. The van der Waals surface area contributed by atoms with Crippen molar-refractivity contribution in [2.24, 2.45) is 5.92 Å². The molecule has 1 aromatic rings. The van der Waals surface area contributed by atoms with Crippen molar-refractivity contribution < 1.29 is 9.53 Å². The summed E-state index contributed by atoms with van der Waals surface area (Å²) in [7, 11) is 0.